The van der Waals surface area contributed by atoms with Crippen LogP contribution >= 0.6 is 11.6 Å². The van der Waals surface area contributed by atoms with Gasteiger partial charge < -0.3 is 5.32 Å². The van der Waals surface area contributed by atoms with E-state index in [9.17, 15) is 0 Å². The summed E-state index contributed by atoms with van der Waals surface area (Å²) in [4.78, 5) is 2.60. The lowest BCUT2D eigenvalue weighted by atomic mass is 9.99. The van der Waals surface area contributed by atoms with Crippen LogP contribution in [0.2, 0.25) is 5.02 Å². The molecule has 1 aliphatic rings. The summed E-state index contributed by atoms with van der Waals surface area (Å²) >= 11 is 5.89. The second kappa shape index (κ2) is 6.05. The number of piperazine rings is 1. The van der Waals surface area contributed by atoms with Crippen LogP contribution in [-0.4, -0.2) is 36.6 Å². The van der Waals surface area contributed by atoms with Crippen LogP contribution in [0, 0.1) is 0 Å². The highest BCUT2D eigenvalue weighted by Gasteiger charge is 2.28. The number of rotatable bonds is 4. The summed E-state index contributed by atoms with van der Waals surface area (Å²) < 4.78 is 0. The van der Waals surface area contributed by atoms with E-state index in [4.69, 9.17) is 11.6 Å². The monoisotopic (exact) mass is 266 g/mol. The zero-order chi connectivity index (χ0) is 13.0. The molecule has 0 amide bonds. The molecule has 0 atom stereocenters. The maximum Gasteiger partial charge on any atom is 0.0406 e. The van der Waals surface area contributed by atoms with Gasteiger partial charge >= 0.3 is 0 Å². The van der Waals surface area contributed by atoms with Gasteiger partial charge in [-0.2, -0.15) is 0 Å². The first kappa shape index (κ1) is 13.9. The van der Waals surface area contributed by atoms with Crippen molar-refractivity contribution in [2.75, 3.05) is 26.2 Å². The Morgan fingerprint density at radius 3 is 2.67 bits per heavy atom. The largest absolute Gasteiger partial charge is 0.314 e. The van der Waals surface area contributed by atoms with E-state index in [-0.39, 0.29) is 5.54 Å². The number of halogens is 1. The minimum absolute atomic E-state index is 0.290. The van der Waals surface area contributed by atoms with E-state index < -0.39 is 0 Å². The average molecular weight is 267 g/mol. The topological polar surface area (TPSA) is 15.3 Å². The van der Waals surface area contributed by atoms with E-state index >= 15 is 0 Å². The molecule has 0 aromatic heterocycles. The fraction of sp³-hybridized carbons (Fsp3) is 0.600. The summed E-state index contributed by atoms with van der Waals surface area (Å²) in [5, 5.41) is 4.28. The van der Waals surface area contributed by atoms with E-state index in [1.54, 1.807) is 0 Å². The minimum Gasteiger partial charge on any atom is -0.314 e. The van der Waals surface area contributed by atoms with Crippen LogP contribution in [-0.2, 0) is 6.42 Å². The molecule has 1 saturated heterocycles. The Morgan fingerprint density at radius 2 is 2.00 bits per heavy atom. The van der Waals surface area contributed by atoms with Crippen molar-refractivity contribution >= 4 is 11.6 Å². The van der Waals surface area contributed by atoms with E-state index in [1.807, 2.05) is 12.1 Å². The van der Waals surface area contributed by atoms with Gasteiger partial charge in [0.15, 0.2) is 0 Å². The normalized spacial score (nSPS) is 19.9. The predicted molar refractivity (Wildman–Crippen MR) is 78.3 cm³/mol. The number of aryl methyl sites for hydroxylation is 1. The van der Waals surface area contributed by atoms with Crippen molar-refractivity contribution in [3.63, 3.8) is 0 Å². The van der Waals surface area contributed by atoms with E-state index in [0.717, 1.165) is 31.1 Å². The molecule has 1 fully saturated rings. The Kier molecular flexibility index (Phi) is 4.66. The van der Waals surface area contributed by atoms with Crippen molar-refractivity contribution in [3.8, 4) is 0 Å². The van der Waals surface area contributed by atoms with Crippen molar-refractivity contribution < 1.29 is 0 Å². The van der Waals surface area contributed by atoms with Gasteiger partial charge in [0, 0.05) is 30.2 Å². The van der Waals surface area contributed by atoms with Crippen LogP contribution in [0.15, 0.2) is 24.3 Å². The molecule has 0 saturated carbocycles. The average Bonchev–Trinajstić information content (AvgIpc) is 2.33. The second-order valence-corrected chi connectivity index (χ2v) is 6.14. The standard InChI is InChI=1S/C15H23ClN2/c1-15(2)12-17-9-11-18(15)10-3-4-13-5-7-14(16)8-6-13/h5-8,17H,3-4,9-12H2,1-2H3. The van der Waals surface area contributed by atoms with Gasteiger partial charge in [-0.1, -0.05) is 23.7 Å². The molecule has 100 valence electrons. The van der Waals surface area contributed by atoms with Crippen molar-refractivity contribution in [3.05, 3.63) is 34.9 Å². The number of benzene rings is 1. The quantitative estimate of drug-likeness (QED) is 0.902. The van der Waals surface area contributed by atoms with Gasteiger partial charge in [-0.15, -0.1) is 0 Å². The molecule has 1 heterocycles. The van der Waals surface area contributed by atoms with E-state index in [0.29, 0.717) is 0 Å². The Morgan fingerprint density at radius 1 is 1.28 bits per heavy atom. The molecule has 1 aromatic carbocycles. The van der Waals surface area contributed by atoms with Crippen molar-refractivity contribution in [2.24, 2.45) is 0 Å². The van der Waals surface area contributed by atoms with Crippen molar-refractivity contribution in [1.82, 2.24) is 10.2 Å². The number of hydrogen-bond donors (Lipinski definition) is 1. The van der Waals surface area contributed by atoms with Crippen molar-refractivity contribution in [1.29, 1.82) is 0 Å². The lowest BCUT2D eigenvalue weighted by molar-refractivity contribution is 0.0895. The molecule has 1 N–H and O–H groups in total. The fourth-order valence-electron chi connectivity index (χ4n) is 2.56. The molecule has 1 aliphatic heterocycles. The third-order valence-electron chi connectivity index (χ3n) is 3.78. The number of hydrogen-bond acceptors (Lipinski definition) is 2. The maximum atomic E-state index is 5.89. The van der Waals surface area contributed by atoms with Crippen LogP contribution in [0.1, 0.15) is 25.8 Å². The van der Waals surface area contributed by atoms with Crippen molar-refractivity contribution in [2.45, 2.75) is 32.2 Å². The summed E-state index contributed by atoms with van der Waals surface area (Å²) in [7, 11) is 0. The smallest absolute Gasteiger partial charge is 0.0406 e. The lowest BCUT2D eigenvalue weighted by Gasteiger charge is -2.43. The molecule has 2 rings (SSSR count). The number of nitrogens with one attached hydrogen (secondary N) is 1. The zero-order valence-corrected chi connectivity index (χ0v) is 12.1. The van der Waals surface area contributed by atoms with Crippen LogP contribution in [0.3, 0.4) is 0 Å². The molecule has 0 aliphatic carbocycles. The lowest BCUT2D eigenvalue weighted by Crippen LogP contribution is -2.58. The van der Waals surface area contributed by atoms with Gasteiger partial charge in [-0.05, 0) is 50.9 Å². The highest BCUT2D eigenvalue weighted by molar-refractivity contribution is 6.30. The third kappa shape index (κ3) is 3.71. The summed E-state index contributed by atoms with van der Waals surface area (Å²) in [5.41, 5.74) is 1.67. The molecule has 3 heteroatoms. The Balaban J connectivity index is 1.79. The molecule has 0 spiro atoms. The summed E-state index contributed by atoms with van der Waals surface area (Å²) in [5.74, 6) is 0. The van der Waals surface area contributed by atoms with Gasteiger partial charge in [0.2, 0.25) is 0 Å². The van der Waals surface area contributed by atoms with Gasteiger partial charge in [-0.3, -0.25) is 4.90 Å². The molecule has 18 heavy (non-hydrogen) atoms. The van der Waals surface area contributed by atoms with Crippen LogP contribution in [0.25, 0.3) is 0 Å². The summed E-state index contributed by atoms with van der Waals surface area (Å²) in [6.45, 7) is 9.19. The van der Waals surface area contributed by atoms with Gasteiger partial charge in [0.05, 0.1) is 0 Å². The van der Waals surface area contributed by atoms with Gasteiger partial charge in [0.25, 0.3) is 0 Å². The molecular formula is C15H23ClN2. The first-order chi connectivity index (χ1) is 8.58. The molecule has 1 aromatic rings. The molecule has 0 unspecified atom stereocenters. The van der Waals surface area contributed by atoms with Gasteiger partial charge in [0.1, 0.15) is 0 Å². The first-order valence-corrected chi connectivity index (χ1v) is 7.16. The third-order valence-corrected chi connectivity index (χ3v) is 4.03. The molecule has 0 bridgehead atoms. The molecule has 0 radical (unpaired) electrons. The summed E-state index contributed by atoms with van der Waals surface area (Å²) in [6.07, 6.45) is 2.35. The Labute approximate surface area is 115 Å². The van der Waals surface area contributed by atoms with E-state index in [1.165, 1.54) is 18.5 Å². The fourth-order valence-corrected chi connectivity index (χ4v) is 2.69. The Bertz CT molecular complexity index is 373. The second-order valence-electron chi connectivity index (χ2n) is 5.71. The minimum atomic E-state index is 0.290. The van der Waals surface area contributed by atoms with Crippen LogP contribution in [0.4, 0.5) is 0 Å². The van der Waals surface area contributed by atoms with Crippen LogP contribution < -0.4 is 5.32 Å². The predicted octanol–water partition coefficient (Wildman–Crippen LogP) is 2.96. The number of nitrogens with zero attached hydrogens (tertiary/aromatic N) is 1. The SMILES string of the molecule is CC1(C)CNCCN1CCCc1ccc(Cl)cc1. The molecular weight excluding hydrogens is 244 g/mol. The highest BCUT2D eigenvalue weighted by Crippen LogP contribution is 2.17. The maximum absolute atomic E-state index is 5.89. The highest BCUT2D eigenvalue weighted by atomic mass is 35.5. The van der Waals surface area contributed by atoms with Gasteiger partial charge in [-0.25, -0.2) is 0 Å². The van der Waals surface area contributed by atoms with Crippen LogP contribution in [0.5, 0.6) is 0 Å². The Hall–Kier alpha value is -0.570. The first-order valence-electron chi connectivity index (χ1n) is 6.78. The summed E-state index contributed by atoms with van der Waals surface area (Å²) in [6, 6.07) is 8.22. The van der Waals surface area contributed by atoms with E-state index in [2.05, 4.69) is 36.2 Å². The molecule has 2 nitrogen and oxygen atoms in total. The zero-order valence-electron chi connectivity index (χ0n) is 11.4.